The van der Waals surface area contributed by atoms with Crippen LogP contribution in [-0.2, 0) is 4.79 Å². The first-order valence-electron chi connectivity index (χ1n) is 4.61. The molecule has 0 saturated carbocycles. The number of amides is 1. The van der Waals surface area contributed by atoms with Crippen LogP contribution in [0.4, 0.5) is 11.5 Å². The number of carbonyl (C=O) groups excluding carboxylic acids is 1. The molecule has 2 rings (SSSR count). The molecule has 1 aromatic rings. The number of aromatic nitrogens is 2. The number of carbonyl (C=O) groups is 1. The van der Waals surface area contributed by atoms with Crippen LogP contribution in [0.5, 0.6) is 0 Å². The summed E-state index contributed by atoms with van der Waals surface area (Å²) in [6.07, 6.45) is 1.44. The molecule has 6 nitrogen and oxygen atoms in total. The molecular weight excluding hydrogens is 196 g/mol. The van der Waals surface area contributed by atoms with Gasteiger partial charge in [0.15, 0.2) is 5.82 Å². The third kappa shape index (κ3) is 1.42. The van der Waals surface area contributed by atoms with Crippen molar-refractivity contribution < 1.29 is 9.90 Å². The molecule has 1 unspecified atom stereocenters. The van der Waals surface area contributed by atoms with Crippen molar-refractivity contribution in [3.63, 3.8) is 0 Å². The van der Waals surface area contributed by atoms with Gasteiger partial charge in [0.1, 0.15) is 18.1 Å². The molecule has 1 aliphatic heterocycles. The molecule has 1 amide bonds. The normalized spacial score (nSPS) is 19.8. The number of rotatable bonds is 1. The molecule has 6 heteroatoms. The van der Waals surface area contributed by atoms with E-state index < -0.39 is 6.04 Å². The van der Waals surface area contributed by atoms with Crippen molar-refractivity contribution in [2.45, 2.75) is 13.0 Å². The quantitative estimate of drug-likeness (QED) is 0.652. The van der Waals surface area contributed by atoms with Crippen molar-refractivity contribution in [3.05, 3.63) is 12.0 Å². The summed E-state index contributed by atoms with van der Waals surface area (Å²) in [6, 6.07) is -0.577. The maximum absolute atomic E-state index is 11.6. The second kappa shape index (κ2) is 3.47. The van der Waals surface area contributed by atoms with Crippen molar-refractivity contribution in [2.24, 2.45) is 0 Å². The fourth-order valence-corrected chi connectivity index (χ4v) is 1.61. The summed E-state index contributed by atoms with van der Waals surface area (Å²) in [5.74, 6) is 0.409. The molecule has 0 spiro atoms. The molecule has 15 heavy (non-hydrogen) atoms. The van der Waals surface area contributed by atoms with Gasteiger partial charge in [-0.15, -0.1) is 0 Å². The van der Waals surface area contributed by atoms with Crippen LogP contribution < -0.4 is 10.2 Å². The number of fused-ring (bicyclic) bond motifs is 1. The van der Waals surface area contributed by atoms with Gasteiger partial charge in [-0.3, -0.25) is 4.79 Å². The third-order valence-corrected chi connectivity index (χ3v) is 2.54. The second-order valence-electron chi connectivity index (χ2n) is 3.46. The molecule has 0 radical (unpaired) electrons. The van der Waals surface area contributed by atoms with Crippen molar-refractivity contribution in [3.8, 4) is 0 Å². The molecule has 1 aliphatic rings. The SMILES string of the molecule is Cc1ncnc2c1NC(=O)C(CO)N2C. The van der Waals surface area contributed by atoms with Crippen LogP contribution in [0.25, 0.3) is 0 Å². The summed E-state index contributed by atoms with van der Waals surface area (Å²) in [7, 11) is 1.73. The number of hydrogen-bond acceptors (Lipinski definition) is 5. The van der Waals surface area contributed by atoms with E-state index in [1.807, 2.05) is 0 Å². The van der Waals surface area contributed by atoms with Crippen molar-refractivity contribution in [1.82, 2.24) is 9.97 Å². The average Bonchev–Trinajstić information content (AvgIpc) is 2.20. The Labute approximate surface area is 87.0 Å². The van der Waals surface area contributed by atoms with E-state index in [9.17, 15) is 4.79 Å². The van der Waals surface area contributed by atoms with E-state index in [2.05, 4.69) is 15.3 Å². The Balaban J connectivity index is 2.50. The van der Waals surface area contributed by atoms with Gasteiger partial charge in [-0.05, 0) is 6.92 Å². The molecule has 0 saturated heterocycles. The molecule has 1 aromatic heterocycles. The van der Waals surface area contributed by atoms with Gasteiger partial charge in [0.2, 0.25) is 5.91 Å². The van der Waals surface area contributed by atoms with Crippen LogP contribution in [0.15, 0.2) is 6.33 Å². The lowest BCUT2D eigenvalue weighted by molar-refractivity contribution is -0.118. The summed E-state index contributed by atoms with van der Waals surface area (Å²) in [4.78, 5) is 21.3. The number of aryl methyl sites for hydroxylation is 1. The summed E-state index contributed by atoms with van der Waals surface area (Å²) in [5, 5.41) is 11.8. The van der Waals surface area contributed by atoms with E-state index in [-0.39, 0.29) is 12.5 Å². The van der Waals surface area contributed by atoms with Crippen molar-refractivity contribution in [2.75, 3.05) is 23.9 Å². The Morgan fingerprint density at radius 2 is 2.33 bits per heavy atom. The first-order chi connectivity index (χ1) is 7.15. The van der Waals surface area contributed by atoms with Crippen LogP contribution >= 0.6 is 0 Å². The fourth-order valence-electron chi connectivity index (χ4n) is 1.61. The lowest BCUT2D eigenvalue weighted by atomic mass is 10.1. The first kappa shape index (κ1) is 9.85. The number of nitrogens with zero attached hydrogens (tertiary/aromatic N) is 3. The predicted molar refractivity (Wildman–Crippen MR) is 54.7 cm³/mol. The van der Waals surface area contributed by atoms with Crippen LogP contribution in [0, 0.1) is 6.92 Å². The predicted octanol–water partition coefficient (Wildman–Crippen LogP) is -0.466. The minimum Gasteiger partial charge on any atom is -0.394 e. The van der Waals surface area contributed by atoms with Gasteiger partial charge in [0.05, 0.1) is 12.3 Å². The van der Waals surface area contributed by atoms with Gasteiger partial charge < -0.3 is 15.3 Å². The van der Waals surface area contributed by atoms with E-state index >= 15 is 0 Å². The number of nitrogens with one attached hydrogen (secondary N) is 1. The number of aliphatic hydroxyl groups is 1. The summed E-state index contributed by atoms with van der Waals surface area (Å²) in [5.41, 5.74) is 1.34. The molecule has 80 valence electrons. The smallest absolute Gasteiger partial charge is 0.249 e. The van der Waals surface area contributed by atoms with Crippen LogP contribution in [-0.4, -0.2) is 40.7 Å². The Hall–Kier alpha value is -1.69. The minimum atomic E-state index is -0.577. The Morgan fingerprint density at radius 1 is 1.60 bits per heavy atom. The largest absolute Gasteiger partial charge is 0.394 e. The van der Waals surface area contributed by atoms with Gasteiger partial charge >= 0.3 is 0 Å². The topological polar surface area (TPSA) is 78.3 Å². The summed E-state index contributed by atoms with van der Waals surface area (Å²) < 4.78 is 0. The Kier molecular flexibility index (Phi) is 2.28. The van der Waals surface area contributed by atoms with Crippen LogP contribution in [0.1, 0.15) is 5.69 Å². The van der Waals surface area contributed by atoms with Gasteiger partial charge in [-0.1, -0.05) is 0 Å². The highest BCUT2D eigenvalue weighted by Crippen LogP contribution is 2.29. The van der Waals surface area contributed by atoms with Crippen molar-refractivity contribution >= 4 is 17.4 Å². The molecule has 0 bridgehead atoms. The maximum Gasteiger partial charge on any atom is 0.249 e. The Bertz CT molecular complexity index is 407. The van der Waals surface area contributed by atoms with E-state index in [4.69, 9.17) is 5.11 Å². The Morgan fingerprint density at radius 3 is 3.00 bits per heavy atom. The maximum atomic E-state index is 11.6. The first-order valence-corrected chi connectivity index (χ1v) is 4.61. The monoisotopic (exact) mass is 208 g/mol. The molecule has 0 aliphatic carbocycles. The number of anilines is 2. The highest BCUT2D eigenvalue weighted by Gasteiger charge is 2.31. The zero-order valence-electron chi connectivity index (χ0n) is 8.56. The zero-order valence-corrected chi connectivity index (χ0v) is 8.56. The molecule has 2 N–H and O–H groups in total. The number of likely N-dealkylation sites (N-methyl/N-ethyl adjacent to an activating group) is 1. The fraction of sp³-hybridized carbons (Fsp3) is 0.444. The van der Waals surface area contributed by atoms with Gasteiger partial charge in [0.25, 0.3) is 0 Å². The van der Waals surface area contributed by atoms with Crippen molar-refractivity contribution in [1.29, 1.82) is 0 Å². The van der Waals surface area contributed by atoms with Crippen LogP contribution in [0.3, 0.4) is 0 Å². The van der Waals surface area contributed by atoms with Gasteiger partial charge in [-0.2, -0.15) is 0 Å². The molecular formula is C9H12N4O2. The van der Waals surface area contributed by atoms with Gasteiger partial charge in [0, 0.05) is 7.05 Å². The molecule has 1 atom stereocenters. The van der Waals surface area contributed by atoms with E-state index in [0.29, 0.717) is 11.5 Å². The number of hydrogen-bond donors (Lipinski definition) is 2. The minimum absolute atomic E-state index is 0.231. The van der Waals surface area contributed by atoms with E-state index in [0.717, 1.165) is 5.69 Å². The van der Waals surface area contributed by atoms with Crippen LogP contribution in [0.2, 0.25) is 0 Å². The zero-order chi connectivity index (χ0) is 11.0. The number of aliphatic hydroxyl groups excluding tert-OH is 1. The van der Waals surface area contributed by atoms with E-state index in [1.54, 1.807) is 18.9 Å². The lowest BCUT2D eigenvalue weighted by Gasteiger charge is -2.33. The highest BCUT2D eigenvalue weighted by atomic mass is 16.3. The molecule has 0 fully saturated rings. The summed E-state index contributed by atoms with van der Waals surface area (Å²) in [6.45, 7) is 1.57. The molecule has 2 heterocycles. The van der Waals surface area contributed by atoms with Gasteiger partial charge in [-0.25, -0.2) is 9.97 Å². The average molecular weight is 208 g/mol. The standard InChI is InChI=1S/C9H12N4O2/c1-5-7-8(11-4-10-5)13(2)6(3-14)9(15)12-7/h4,6,14H,3H2,1-2H3,(H,12,15). The molecule has 0 aromatic carbocycles. The summed E-state index contributed by atoms with van der Waals surface area (Å²) >= 11 is 0. The van der Waals surface area contributed by atoms with E-state index in [1.165, 1.54) is 6.33 Å². The second-order valence-corrected chi connectivity index (χ2v) is 3.46. The lowest BCUT2D eigenvalue weighted by Crippen LogP contribution is -2.48. The highest BCUT2D eigenvalue weighted by molar-refractivity contribution is 6.03. The third-order valence-electron chi connectivity index (χ3n) is 2.54.